The molecule has 0 spiro atoms. The van der Waals surface area contributed by atoms with Crippen LogP contribution in [-0.2, 0) is 65.4 Å². The van der Waals surface area contributed by atoms with E-state index in [9.17, 15) is 43.2 Å². The van der Waals surface area contributed by atoms with Crippen LogP contribution in [-0.4, -0.2) is 96.7 Å². The quantitative estimate of drug-likeness (QED) is 0.0169. The van der Waals surface area contributed by atoms with Crippen molar-refractivity contribution in [3.8, 4) is 0 Å². The molecule has 0 aliphatic rings. The molecular formula is C79H150O17P2. The number of aliphatic hydroxyl groups excluding tert-OH is 1. The first kappa shape index (κ1) is 95.5. The van der Waals surface area contributed by atoms with Crippen molar-refractivity contribution in [1.82, 2.24) is 0 Å². The van der Waals surface area contributed by atoms with Crippen LogP contribution in [0.25, 0.3) is 0 Å². The Kier molecular flexibility index (Phi) is 67.2. The zero-order valence-electron chi connectivity index (χ0n) is 63.7. The maximum Gasteiger partial charge on any atom is 0.472 e. The van der Waals surface area contributed by atoms with Gasteiger partial charge in [-0.05, 0) is 69.1 Å². The molecule has 0 fully saturated rings. The maximum absolute atomic E-state index is 13.1. The van der Waals surface area contributed by atoms with Crippen molar-refractivity contribution in [1.29, 1.82) is 0 Å². The molecule has 3 N–H and O–H groups in total. The van der Waals surface area contributed by atoms with Crippen LogP contribution in [0.1, 0.15) is 382 Å². The van der Waals surface area contributed by atoms with Gasteiger partial charge in [0.1, 0.15) is 19.3 Å². The molecule has 5 atom stereocenters. The first-order chi connectivity index (χ1) is 47.2. The molecule has 98 heavy (non-hydrogen) atoms. The van der Waals surface area contributed by atoms with E-state index in [-0.39, 0.29) is 25.7 Å². The van der Waals surface area contributed by atoms with Gasteiger partial charge in [-0.1, -0.05) is 330 Å². The van der Waals surface area contributed by atoms with E-state index in [1.807, 2.05) is 0 Å². The lowest BCUT2D eigenvalue weighted by Crippen LogP contribution is -2.30. The number of allylic oxidation sites excluding steroid dienone is 4. The van der Waals surface area contributed by atoms with Gasteiger partial charge in [0.05, 0.1) is 26.4 Å². The molecule has 0 aromatic heterocycles. The molecule has 19 heteroatoms. The summed E-state index contributed by atoms with van der Waals surface area (Å²) in [6.07, 6.45) is 59.1. The molecule has 0 aliphatic heterocycles. The number of unbranched alkanes of at least 4 members (excludes halogenated alkanes) is 40. The van der Waals surface area contributed by atoms with Crippen molar-refractivity contribution in [2.24, 2.45) is 17.8 Å². The highest BCUT2D eigenvalue weighted by Crippen LogP contribution is 2.45. The van der Waals surface area contributed by atoms with E-state index < -0.39 is 97.5 Å². The lowest BCUT2D eigenvalue weighted by Gasteiger charge is -2.21. The van der Waals surface area contributed by atoms with Crippen LogP contribution in [0.15, 0.2) is 24.3 Å². The van der Waals surface area contributed by atoms with Gasteiger partial charge in [-0.2, -0.15) is 0 Å². The second kappa shape index (κ2) is 68.9. The Morgan fingerprint density at radius 1 is 0.316 bits per heavy atom. The molecule has 0 bridgehead atoms. The molecule has 0 heterocycles. The van der Waals surface area contributed by atoms with Gasteiger partial charge < -0.3 is 33.8 Å². The minimum Gasteiger partial charge on any atom is -0.462 e. The summed E-state index contributed by atoms with van der Waals surface area (Å²) < 4.78 is 68.6. The number of phosphoric acid groups is 2. The summed E-state index contributed by atoms with van der Waals surface area (Å²) >= 11 is 0. The van der Waals surface area contributed by atoms with E-state index in [2.05, 4.69) is 72.8 Å². The van der Waals surface area contributed by atoms with Gasteiger partial charge in [0, 0.05) is 25.7 Å². The van der Waals surface area contributed by atoms with Crippen LogP contribution in [0.5, 0.6) is 0 Å². The lowest BCUT2D eigenvalue weighted by molar-refractivity contribution is -0.161. The maximum atomic E-state index is 13.1. The highest BCUT2D eigenvalue weighted by molar-refractivity contribution is 7.47. The minimum absolute atomic E-state index is 0.0841. The second-order valence-corrected chi connectivity index (χ2v) is 32.1. The fraction of sp³-hybridized carbons (Fsp3) is 0.899. The third-order valence-corrected chi connectivity index (χ3v) is 19.7. The fourth-order valence-electron chi connectivity index (χ4n) is 11.6. The number of phosphoric ester groups is 2. The van der Waals surface area contributed by atoms with E-state index in [4.69, 9.17) is 37.0 Å². The molecule has 3 unspecified atom stereocenters. The SMILES string of the molecule is CCCCCC/C=C\C=C/CCCCCCCC(=O)O[C@H](COC(=O)CCCCCCCCCC(C)C)COP(=O)(O)OCC(O)COP(=O)(O)OC[C@@H](COC(=O)CCCCCCCCCCCCCCCCC(C)C)OC(=O)CCCCCCCCCCCCCCCC(C)C. The summed E-state index contributed by atoms with van der Waals surface area (Å²) in [5, 5.41) is 10.6. The van der Waals surface area contributed by atoms with Crippen LogP contribution < -0.4 is 0 Å². The smallest absolute Gasteiger partial charge is 0.462 e. The first-order valence-corrected chi connectivity index (χ1v) is 43.2. The normalized spacial score (nSPS) is 14.2. The summed E-state index contributed by atoms with van der Waals surface area (Å²) in [6, 6.07) is 0. The molecule has 0 saturated heterocycles. The van der Waals surface area contributed by atoms with Gasteiger partial charge in [0.25, 0.3) is 0 Å². The van der Waals surface area contributed by atoms with E-state index in [1.165, 1.54) is 173 Å². The van der Waals surface area contributed by atoms with Crippen molar-refractivity contribution in [3.63, 3.8) is 0 Å². The molecule has 0 aliphatic carbocycles. The number of carbonyl (C=O) groups excluding carboxylic acids is 4. The molecule has 0 radical (unpaired) electrons. The minimum atomic E-state index is -4.97. The van der Waals surface area contributed by atoms with E-state index in [0.29, 0.717) is 31.6 Å². The Morgan fingerprint density at radius 2 is 0.551 bits per heavy atom. The van der Waals surface area contributed by atoms with Crippen LogP contribution in [0.2, 0.25) is 0 Å². The molecule has 0 amide bonds. The Bertz CT molecular complexity index is 2000. The van der Waals surface area contributed by atoms with Crippen molar-refractivity contribution in [2.75, 3.05) is 39.6 Å². The number of rotatable bonds is 75. The van der Waals surface area contributed by atoms with Crippen molar-refractivity contribution < 1.29 is 80.2 Å². The third-order valence-electron chi connectivity index (χ3n) is 17.8. The van der Waals surface area contributed by atoms with Crippen molar-refractivity contribution in [3.05, 3.63) is 24.3 Å². The zero-order valence-corrected chi connectivity index (χ0v) is 65.5. The van der Waals surface area contributed by atoms with Gasteiger partial charge in [-0.15, -0.1) is 0 Å². The number of esters is 4. The topological polar surface area (TPSA) is 237 Å². The van der Waals surface area contributed by atoms with Crippen LogP contribution in [0.3, 0.4) is 0 Å². The number of ether oxygens (including phenoxy) is 4. The van der Waals surface area contributed by atoms with Gasteiger partial charge >= 0.3 is 39.5 Å². The number of hydrogen-bond acceptors (Lipinski definition) is 15. The number of aliphatic hydroxyl groups is 1. The predicted molar refractivity (Wildman–Crippen MR) is 400 cm³/mol. The van der Waals surface area contributed by atoms with Gasteiger partial charge in [-0.25, -0.2) is 9.13 Å². The summed E-state index contributed by atoms with van der Waals surface area (Å²) in [4.78, 5) is 72.9. The fourth-order valence-corrected chi connectivity index (χ4v) is 13.2. The Morgan fingerprint density at radius 3 is 0.827 bits per heavy atom. The average molecular weight is 1430 g/mol. The highest BCUT2D eigenvalue weighted by Gasteiger charge is 2.30. The molecule has 0 saturated carbocycles. The number of hydrogen-bond donors (Lipinski definition) is 3. The van der Waals surface area contributed by atoms with Gasteiger partial charge in [0.2, 0.25) is 0 Å². The largest absolute Gasteiger partial charge is 0.472 e. The lowest BCUT2D eigenvalue weighted by atomic mass is 10.0. The molecule has 578 valence electrons. The Balaban J connectivity index is 5.28. The third kappa shape index (κ3) is 71.9. The molecule has 0 rings (SSSR count). The summed E-state index contributed by atoms with van der Waals surface area (Å²) in [6.45, 7) is 11.8. The van der Waals surface area contributed by atoms with E-state index in [0.717, 1.165) is 121 Å². The highest BCUT2D eigenvalue weighted by atomic mass is 31.2. The second-order valence-electron chi connectivity index (χ2n) is 29.2. The van der Waals surface area contributed by atoms with Crippen LogP contribution >= 0.6 is 15.6 Å². The average Bonchev–Trinajstić information content (AvgIpc) is 0.979. The zero-order chi connectivity index (χ0) is 72.3. The molecule has 0 aromatic rings. The van der Waals surface area contributed by atoms with Crippen molar-refractivity contribution in [2.45, 2.75) is 401 Å². The van der Waals surface area contributed by atoms with E-state index >= 15 is 0 Å². The first-order valence-electron chi connectivity index (χ1n) is 40.2. The predicted octanol–water partition coefficient (Wildman–Crippen LogP) is 22.9. The van der Waals surface area contributed by atoms with Crippen LogP contribution in [0.4, 0.5) is 0 Å². The Labute approximate surface area is 599 Å². The molecule has 0 aromatic carbocycles. The van der Waals surface area contributed by atoms with Crippen LogP contribution in [0, 0.1) is 17.8 Å². The van der Waals surface area contributed by atoms with Crippen molar-refractivity contribution >= 4 is 39.5 Å². The number of carbonyl (C=O) groups is 4. The molecular weight excluding hydrogens is 1280 g/mol. The molecule has 17 nitrogen and oxygen atoms in total. The Hall–Kier alpha value is -2.46. The van der Waals surface area contributed by atoms with E-state index in [1.54, 1.807) is 0 Å². The monoisotopic (exact) mass is 1430 g/mol. The summed E-state index contributed by atoms with van der Waals surface area (Å²) in [5.41, 5.74) is 0. The standard InChI is InChI=1S/C79H150O17P2/c1-8-9-10-11-12-13-14-15-16-23-28-33-40-48-55-62-79(84)96-75(67-90-77(82)61-54-47-42-35-38-45-52-59-72(6)7)69-94-98(87,88)92-65-73(80)64-91-97(85,86)93-68-74(95-78(83)63-56-49-41-34-29-24-19-21-26-31-37-44-51-58-71(4)5)66-89-76(81)60-53-46-39-32-27-22-18-17-20-25-30-36-43-50-57-70(2)3/h13-16,70-75,80H,8-12,17-69H2,1-7H3,(H,85,86)(H,87,88)/b14-13-,16-15-/t73?,74-,75-/m1/s1. The summed E-state index contributed by atoms with van der Waals surface area (Å²) in [7, 11) is -9.93. The van der Waals surface area contributed by atoms with Gasteiger partial charge in [0.15, 0.2) is 12.2 Å². The summed E-state index contributed by atoms with van der Waals surface area (Å²) in [5.74, 6) is 0.140. The van der Waals surface area contributed by atoms with Gasteiger partial charge in [-0.3, -0.25) is 37.3 Å².